The number of H-pyrrole nitrogens is 1. The normalized spacial score (nSPS) is 19.1. The smallest absolute Gasteiger partial charge is 0.270 e. The summed E-state index contributed by atoms with van der Waals surface area (Å²) in [4.78, 5) is 30.7. The number of carbonyl (C=O) groups excluding carboxylic acids is 2. The van der Waals surface area contributed by atoms with E-state index in [2.05, 4.69) is 37.8 Å². The molecule has 0 aromatic carbocycles. The molecule has 2 atom stereocenters. The maximum Gasteiger partial charge on any atom is 0.270 e. The largest absolute Gasteiger partial charge is 0.617 e. The number of aryl methyl sites for hydroxylation is 3. The number of hydrogen-bond acceptors (Lipinski definition) is 6. The van der Waals surface area contributed by atoms with Gasteiger partial charge in [-0.2, -0.15) is 14.6 Å². The lowest BCUT2D eigenvalue weighted by Gasteiger charge is -2.32. The molecule has 0 saturated heterocycles. The second-order valence-electron chi connectivity index (χ2n) is 10.0. The van der Waals surface area contributed by atoms with Gasteiger partial charge >= 0.3 is 0 Å². The van der Waals surface area contributed by atoms with Gasteiger partial charge in [-0.15, -0.1) is 0 Å². The van der Waals surface area contributed by atoms with Crippen molar-refractivity contribution in [2.75, 3.05) is 17.3 Å². The molecule has 0 spiro atoms. The summed E-state index contributed by atoms with van der Waals surface area (Å²) >= 11 is -1.04. The van der Waals surface area contributed by atoms with Crippen LogP contribution in [0.25, 0.3) is 11.1 Å². The van der Waals surface area contributed by atoms with Gasteiger partial charge < -0.3 is 15.2 Å². The number of aromatic amines is 1. The van der Waals surface area contributed by atoms with Crippen LogP contribution in [0.5, 0.6) is 0 Å². The number of nitrogens with one attached hydrogen (secondary N) is 3. The minimum absolute atomic E-state index is 0.0638. The molecule has 3 aromatic heterocycles. The van der Waals surface area contributed by atoms with Gasteiger partial charge in [0.15, 0.2) is 0 Å². The molecule has 3 aromatic rings. The Kier molecular flexibility index (Phi) is 8.83. The lowest BCUT2D eigenvalue weighted by atomic mass is 9.79. The molecule has 2 amide bonds. The van der Waals surface area contributed by atoms with Gasteiger partial charge in [0.25, 0.3) is 5.91 Å². The highest BCUT2D eigenvalue weighted by atomic mass is 32.2. The minimum Gasteiger partial charge on any atom is -0.617 e. The van der Waals surface area contributed by atoms with Crippen LogP contribution >= 0.6 is 0 Å². The van der Waals surface area contributed by atoms with E-state index in [0.717, 1.165) is 31.4 Å². The Morgan fingerprint density at radius 2 is 1.97 bits per heavy atom. The molecule has 1 aliphatic carbocycles. The quantitative estimate of drug-likeness (QED) is 0.279. The molecule has 1 unspecified atom stereocenters. The van der Waals surface area contributed by atoms with E-state index >= 15 is 0 Å². The Bertz CT molecular complexity index is 1260. The second kappa shape index (κ2) is 12.1. The van der Waals surface area contributed by atoms with E-state index in [9.17, 15) is 18.5 Å². The summed E-state index contributed by atoms with van der Waals surface area (Å²) in [6, 6.07) is 3.85. The maximum atomic E-state index is 15.0. The van der Waals surface area contributed by atoms with Crippen LogP contribution in [0.3, 0.4) is 0 Å². The molecule has 204 valence electrons. The van der Waals surface area contributed by atoms with Gasteiger partial charge in [-0.1, -0.05) is 30.9 Å². The first-order chi connectivity index (χ1) is 18.1. The van der Waals surface area contributed by atoms with Crippen LogP contribution in [-0.2, 0) is 22.5 Å². The van der Waals surface area contributed by atoms with Crippen molar-refractivity contribution < 1.29 is 18.5 Å². The number of hydrogen-bond donors (Lipinski definition) is 3. The summed E-state index contributed by atoms with van der Waals surface area (Å²) in [5.41, 5.74) is 2.59. The average molecular weight is 544 g/mol. The fourth-order valence-electron chi connectivity index (χ4n) is 4.99. The third kappa shape index (κ3) is 6.41. The maximum absolute atomic E-state index is 15.0. The van der Waals surface area contributed by atoms with Crippen molar-refractivity contribution in [3.05, 3.63) is 47.4 Å². The third-order valence-electron chi connectivity index (χ3n) is 7.14. The predicted octanol–water partition coefficient (Wildman–Crippen LogP) is 3.37. The Hall–Kier alpha value is -3.25. The van der Waals surface area contributed by atoms with Crippen molar-refractivity contribution >= 4 is 28.8 Å². The fourth-order valence-corrected chi connectivity index (χ4v) is 5.42. The first-order valence-electron chi connectivity index (χ1n) is 12.8. The molecule has 4 rings (SSSR count). The number of aromatic nitrogens is 5. The first-order valence-corrected chi connectivity index (χ1v) is 14.5. The molecule has 10 nitrogen and oxygen atoms in total. The van der Waals surface area contributed by atoms with Gasteiger partial charge in [-0.25, -0.2) is 4.98 Å². The van der Waals surface area contributed by atoms with Gasteiger partial charge in [-0.3, -0.25) is 19.4 Å². The van der Waals surface area contributed by atoms with Crippen molar-refractivity contribution in [1.29, 1.82) is 0 Å². The van der Waals surface area contributed by atoms with Crippen LogP contribution in [0.15, 0.2) is 24.4 Å². The zero-order chi connectivity index (χ0) is 27.4. The van der Waals surface area contributed by atoms with Crippen molar-refractivity contribution in [2.24, 2.45) is 11.8 Å². The zero-order valence-electron chi connectivity index (χ0n) is 22.1. The molecule has 0 bridgehead atoms. The number of anilines is 1. The van der Waals surface area contributed by atoms with E-state index in [1.807, 2.05) is 0 Å². The highest BCUT2D eigenvalue weighted by molar-refractivity contribution is 7.90. The molecule has 12 heteroatoms. The summed E-state index contributed by atoms with van der Waals surface area (Å²) < 4.78 is 28.0. The highest BCUT2D eigenvalue weighted by Crippen LogP contribution is 2.32. The Labute approximate surface area is 224 Å². The van der Waals surface area contributed by atoms with Crippen LogP contribution < -0.4 is 10.6 Å². The van der Waals surface area contributed by atoms with Crippen LogP contribution in [-0.4, -0.2) is 59.4 Å². The molecular formula is C26H34FN7O3S. The number of nitrogens with zero attached hydrogens (tertiary/aromatic N) is 4. The highest BCUT2D eigenvalue weighted by Gasteiger charge is 2.33. The summed E-state index contributed by atoms with van der Waals surface area (Å²) in [6.07, 6.45) is 6.57. The Balaban J connectivity index is 1.53. The lowest BCUT2D eigenvalue weighted by molar-refractivity contribution is -0.119. The van der Waals surface area contributed by atoms with Crippen molar-refractivity contribution in [2.45, 2.75) is 59.0 Å². The van der Waals surface area contributed by atoms with E-state index in [1.165, 1.54) is 10.9 Å². The number of pyridine rings is 1. The molecule has 3 N–H and O–H groups in total. The number of carbonyl (C=O) groups is 2. The van der Waals surface area contributed by atoms with Crippen molar-refractivity contribution in [3.8, 4) is 11.1 Å². The number of halogens is 1. The van der Waals surface area contributed by atoms with Crippen LogP contribution in [0.4, 0.5) is 10.2 Å². The fraction of sp³-hybridized carbons (Fsp3) is 0.500. The van der Waals surface area contributed by atoms with Crippen molar-refractivity contribution in [3.63, 3.8) is 0 Å². The summed E-state index contributed by atoms with van der Waals surface area (Å²) in [5.74, 6) is -0.710. The topological polar surface area (TPSA) is 141 Å². The van der Waals surface area contributed by atoms with Gasteiger partial charge in [-0.05, 0) is 56.7 Å². The van der Waals surface area contributed by atoms with E-state index in [-0.39, 0.29) is 17.4 Å². The third-order valence-corrected chi connectivity index (χ3v) is 7.90. The van der Waals surface area contributed by atoms with E-state index in [4.69, 9.17) is 0 Å². The SMILES string of the molecule is Cc1n[nH]c(C)c1-c1ccc(NC(=O)[C@@H](NC(=O)c2ccnn2CC[S+](C)[O-])[C@H]2CC[C@H](C)CC2)nc1F. The standard InChI is InChI=1S/C26H34FN7O3S/c1-15-5-7-18(8-6-15)23(31-25(35)20-11-12-28-34(20)13-14-38(4)37)26(36)30-21-10-9-19(24(27)29-21)22-16(2)32-33-17(22)3/h9-12,15,18,23H,5-8,13-14H2,1-4H3,(H,31,35)(H,32,33)(H,29,30,36)/t15-,18-,23-,38?/m0/s1. The summed E-state index contributed by atoms with van der Waals surface area (Å²) in [7, 11) is 0. The molecule has 38 heavy (non-hydrogen) atoms. The monoisotopic (exact) mass is 543 g/mol. The van der Waals surface area contributed by atoms with Gasteiger partial charge in [0.1, 0.15) is 23.3 Å². The minimum atomic E-state index is -1.04. The van der Waals surface area contributed by atoms with E-state index in [1.54, 1.807) is 38.3 Å². The first kappa shape index (κ1) is 27.8. The summed E-state index contributed by atoms with van der Waals surface area (Å²) in [6.45, 7) is 6.08. The predicted molar refractivity (Wildman–Crippen MR) is 143 cm³/mol. The van der Waals surface area contributed by atoms with Crippen LogP contribution in [0.1, 0.15) is 54.5 Å². The Morgan fingerprint density at radius 1 is 1.24 bits per heavy atom. The molecule has 0 radical (unpaired) electrons. The Morgan fingerprint density at radius 3 is 2.61 bits per heavy atom. The zero-order valence-corrected chi connectivity index (χ0v) is 22.9. The average Bonchev–Trinajstić information content (AvgIpc) is 3.48. The van der Waals surface area contributed by atoms with Crippen molar-refractivity contribution in [1.82, 2.24) is 30.3 Å². The molecule has 0 aliphatic heterocycles. The van der Waals surface area contributed by atoms with Crippen LogP contribution in [0, 0.1) is 31.6 Å². The van der Waals surface area contributed by atoms with E-state index < -0.39 is 35.0 Å². The van der Waals surface area contributed by atoms with Gasteiger partial charge in [0, 0.05) is 23.0 Å². The molecule has 1 saturated carbocycles. The van der Waals surface area contributed by atoms with Crippen LogP contribution in [0.2, 0.25) is 0 Å². The molecule has 1 aliphatic rings. The van der Waals surface area contributed by atoms with Gasteiger partial charge in [0.2, 0.25) is 11.9 Å². The molecule has 1 fully saturated rings. The second-order valence-corrected chi connectivity index (χ2v) is 11.6. The van der Waals surface area contributed by atoms with E-state index in [0.29, 0.717) is 35.0 Å². The number of rotatable bonds is 9. The number of amides is 2. The molecular weight excluding hydrogens is 509 g/mol. The molecule has 3 heterocycles. The lowest BCUT2D eigenvalue weighted by Crippen LogP contribution is -2.49. The van der Waals surface area contributed by atoms with Gasteiger partial charge in [0.05, 0.1) is 18.5 Å². The summed E-state index contributed by atoms with van der Waals surface area (Å²) in [5, 5.41) is 16.7.